The van der Waals surface area contributed by atoms with Gasteiger partial charge in [0.15, 0.2) is 11.5 Å². The van der Waals surface area contributed by atoms with E-state index in [4.69, 9.17) is 15.2 Å². The van der Waals surface area contributed by atoms with Crippen LogP contribution in [-0.4, -0.2) is 25.2 Å². The van der Waals surface area contributed by atoms with Gasteiger partial charge in [0.25, 0.3) is 0 Å². The summed E-state index contributed by atoms with van der Waals surface area (Å²) in [6.07, 6.45) is 4.64. The molecule has 3 N–H and O–H groups in total. The van der Waals surface area contributed by atoms with E-state index in [1.54, 1.807) is 14.2 Å². The van der Waals surface area contributed by atoms with Gasteiger partial charge in [0.2, 0.25) is 0 Å². The summed E-state index contributed by atoms with van der Waals surface area (Å²) in [4.78, 5) is 3.67. The zero-order chi connectivity index (χ0) is 20.5. The molecule has 0 atom stereocenters. The fraction of sp³-hybridized carbons (Fsp3) is 0.440. The van der Waals surface area contributed by atoms with Crippen LogP contribution >= 0.6 is 0 Å². The fourth-order valence-corrected chi connectivity index (χ4v) is 4.76. The Morgan fingerprint density at radius 2 is 1.66 bits per heavy atom. The molecule has 1 aliphatic rings. The number of benzene rings is 2. The number of methoxy groups -OCH3 is 2. The summed E-state index contributed by atoms with van der Waals surface area (Å²) >= 11 is 0. The number of ether oxygens (including phenoxy) is 2. The molecule has 4 heteroatoms. The summed E-state index contributed by atoms with van der Waals surface area (Å²) < 4.78 is 10.9. The van der Waals surface area contributed by atoms with Crippen molar-refractivity contribution in [2.24, 2.45) is 5.73 Å². The highest BCUT2D eigenvalue weighted by atomic mass is 16.5. The van der Waals surface area contributed by atoms with Crippen LogP contribution in [0, 0.1) is 0 Å². The Bertz CT molecular complexity index is 997. The lowest BCUT2D eigenvalue weighted by atomic mass is 9.81. The number of H-pyrrole nitrogens is 1. The van der Waals surface area contributed by atoms with Crippen LogP contribution in [0.5, 0.6) is 11.5 Å². The molecule has 1 saturated carbocycles. The second-order valence-electron chi connectivity index (χ2n) is 8.55. The number of rotatable bonds is 5. The maximum Gasteiger partial charge on any atom is 0.161 e. The van der Waals surface area contributed by atoms with E-state index >= 15 is 0 Å². The molecule has 0 unspecified atom stereocenters. The summed E-state index contributed by atoms with van der Waals surface area (Å²) in [5.41, 5.74) is 12.4. The number of aromatic amines is 1. The highest BCUT2D eigenvalue weighted by Gasteiger charge is 2.22. The normalized spacial score (nSPS) is 19.7. The first-order valence-electron chi connectivity index (χ1n) is 10.6. The summed E-state index contributed by atoms with van der Waals surface area (Å²) in [6.45, 7) is 4.53. The maximum atomic E-state index is 6.12. The molecule has 1 fully saturated rings. The van der Waals surface area contributed by atoms with Gasteiger partial charge in [-0.3, -0.25) is 0 Å². The van der Waals surface area contributed by atoms with E-state index in [2.05, 4.69) is 49.2 Å². The Morgan fingerprint density at radius 1 is 0.931 bits per heavy atom. The lowest BCUT2D eigenvalue weighted by Gasteiger charge is -2.26. The molecule has 0 aliphatic heterocycles. The van der Waals surface area contributed by atoms with Crippen LogP contribution in [0.15, 0.2) is 36.4 Å². The standard InChI is InChI=1S/C25H32N2O2/c1-15(2)24-20-13-17(16-5-9-19(26)10-6-16)7-11-21(20)27-25(24)18-8-12-22(28-3)23(14-18)29-4/h7-8,11-16,19,27H,5-6,9-10,26H2,1-4H3. The van der Waals surface area contributed by atoms with E-state index in [9.17, 15) is 0 Å². The third-order valence-corrected chi connectivity index (χ3v) is 6.36. The molecule has 1 aliphatic carbocycles. The van der Waals surface area contributed by atoms with Crippen LogP contribution in [0.1, 0.15) is 62.5 Å². The van der Waals surface area contributed by atoms with Crippen molar-refractivity contribution in [2.45, 2.75) is 57.4 Å². The summed E-state index contributed by atoms with van der Waals surface area (Å²) in [5, 5.41) is 1.33. The first-order chi connectivity index (χ1) is 14.0. The minimum absolute atomic E-state index is 0.380. The molecule has 0 bridgehead atoms. The Balaban J connectivity index is 1.80. The smallest absolute Gasteiger partial charge is 0.161 e. The molecular formula is C25H32N2O2. The monoisotopic (exact) mass is 392 g/mol. The van der Waals surface area contributed by atoms with E-state index < -0.39 is 0 Å². The van der Waals surface area contributed by atoms with E-state index in [1.807, 2.05) is 6.07 Å². The second kappa shape index (κ2) is 8.11. The van der Waals surface area contributed by atoms with Crippen molar-refractivity contribution in [1.29, 1.82) is 0 Å². The Hall–Kier alpha value is -2.46. The SMILES string of the molecule is COc1ccc(-c2[nH]c3ccc(C4CCC(N)CC4)cc3c2C(C)C)cc1OC. The predicted octanol–water partition coefficient (Wildman–Crippen LogP) is 5.96. The summed E-state index contributed by atoms with van der Waals surface area (Å²) in [6, 6.07) is 13.5. The predicted molar refractivity (Wildman–Crippen MR) is 120 cm³/mol. The highest BCUT2D eigenvalue weighted by molar-refractivity contribution is 5.92. The molecular weight excluding hydrogens is 360 g/mol. The molecule has 3 aromatic rings. The molecule has 4 nitrogen and oxygen atoms in total. The van der Waals surface area contributed by atoms with E-state index in [0.717, 1.165) is 29.9 Å². The van der Waals surface area contributed by atoms with Gasteiger partial charge in [-0.05, 0) is 79.0 Å². The molecule has 29 heavy (non-hydrogen) atoms. The number of hydrogen-bond donors (Lipinski definition) is 2. The van der Waals surface area contributed by atoms with Gasteiger partial charge in [-0.1, -0.05) is 19.9 Å². The first-order valence-corrected chi connectivity index (χ1v) is 10.6. The van der Waals surface area contributed by atoms with Crippen LogP contribution in [-0.2, 0) is 0 Å². The van der Waals surface area contributed by atoms with Gasteiger partial charge in [-0.25, -0.2) is 0 Å². The zero-order valence-corrected chi connectivity index (χ0v) is 17.9. The van der Waals surface area contributed by atoms with Gasteiger partial charge in [-0.15, -0.1) is 0 Å². The van der Waals surface area contributed by atoms with Gasteiger partial charge >= 0.3 is 0 Å². The van der Waals surface area contributed by atoms with Crippen LogP contribution in [0.2, 0.25) is 0 Å². The van der Waals surface area contributed by atoms with Gasteiger partial charge in [-0.2, -0.15) is 0 Å². The quantitative estimate of drug-likeness (QED) is 0.563. The van der Waals surface area contributed by atoms with E-state index in [1.165, 1.54) is 40.6 Å². The molecule has 2 aromatic carbocycles. The summed E-state index contributed by atoms with van der Waals surface area (Å²) in [5.74, 6) is 2.52. The number of fused-ring (bicyclic) bond motifs is 1. The van der Waals surface area contributed by atoms with Crippen LogP contribution in [0.25, 0.3) is 22.2 Å². The third-order valence-electron chi connectivity index (χ3n) is 6.36. The van der Waals surface area contributed by atoms with Crippen LogP contribution in [0.4, 0.5) is 0 Å². The van der Waals surface area contributed by atoms with Crippen LogP contribution in [0.3, 0.4) is 0 Å². The molecule has 0 saturated heterocycles. The van der Waals surface area contributed by atoms with Crippen LogP contribution < -0.4 is 15.2 Å². The minimum atomic E-state index is 0.380. The summed E-state index contributed by atoms with van der Waals surface area (Å²) in [7, 11) is 3.35. The average molecular weight is 393 g/mol. The van der Waals surface area contributed by atoms with Gasteiger partial charge in [0, 0.05) is 22.5 Å². The highest BCUT2D eigenvalue weighted by Crippen LogP contribution is 2.41. The lowest BCUT2D eigenvalue weighted by molar-refractivity contribution is 0.355. The van der Waals surface area contributed by atoms with E-state index in [0.29, 0.717) is 17.9 Å². The largest absolute Gasteiger partial charge is 0.493 e. The van der Waals surface area contributed by atoms with Crippen molar-refractivity contribution in [3.8, 4) is 22.8 Å². The molecule has 4 rings (SSSR count). The van der Waals surface area contributed by atoms with Crippen molar-refractivity contribution < 1.29 is 9.47 Å². The molecule has 0 amide bonds. The molecule has 0 radical (unpaired) electrons. The molecule has 1 heterocycles. The third kappa shape index (κ3) is 3.74. The molecule has 1 aromatic heterocycles. The number of aromatic nitrogens is 1. The second-order valence-corrected chi connectivity index (χ2v) is 8.55. The molecule has 154 valence electrons. The van der Waals surface area contributed by atoms with Crippen molar-refractivity contribution in [3.05, 3.63) is 47.5 Å². The van der Waals surface area contributed by atoms with Crippen molar-refractivity contribution in [1.82, 2.24) is 4.98 Å². The zero-order valence-electron chi connectivity index (χ0n) is 17.9. The van der Waals surface area contributed by atoms with Crippen molar-refractivity contribution in [2.75, 3.05) is 14.2 Å². The Morgan fingerprint density at radius 3 is 2.31 bits per heavy atom. The Labute approximate surface area is 173 Å². The lowest BCUT2D eigenvalue weighted by Crippen LogP contribution is -2.25. The fourth-order valence-electron chi connectivity index (χ4n) is 4.76. The van der Waals surface area contributed by atoms with Crippen molar-refractivity contribution >= 4 is 10.9 Å². The topological polar surface area (TPSA) is 60.3 Å². The average Bonchev–Trinajstić information content (AvgIpc) is 3.12. The minimum Gasteiger partial charge on any atom is -0.493 e. The van der Waals surface area contributed by atoms with Gasteiger partial charge in [0.1, 0.15) is 0 Å². The number of nitrogens with two attached hydrogens (primary N) is 1. The van der Waals surface area contributed by atoms with E-state index in [-0.39, 0.29) is 0 Å². The molecule has 0 spiro atoms. The number of nitrogens with one attached hydrogen (secondary N) is 1. The Kier molecular flexibility index (Phi) is 5.55. The van der Waals surface area contributed by atoms with Gasteiger partial charge in [0.05, 0.1) is 19.9 Å². The van der Waals surface area contributed by atoms with Gasteiger partial charge < -0.3 is 20.2 Å². The first kappa shape index (κ1) is 19.8. The van der Waals surface area contributed by atoms with Crippen molar-refractivity contribution in [3.63, 3.8) is 0 Å². The number of hydrogen-bond acceptors (Lipinski definition) is 3. The maximum absolute atomic E-state index is 6.12.